The fourth-order valence-corrected chi connectivity index (χ4v) is 3.79. The topological polar surface area (TPSA) is 63.9 Å². The largest absolute Gasteiger partial charge is 0.330 e. The monoisotopic (exact) mass is 335 g/mol. The molecule has 1 aliphatic rings. The number of fused-ring (bicyclic) bond motifs is 1. The first-order valence-corrected chi connectivity index (χ1v) is 8.59. The van der Waals surface area contributed by atoms with E-state index in [0.717, 1.165) is 41.8 Å². The average Bonchev–Trinajstić information content (AvgIpc) is 3.18. The second-order valence-electron chi connectivity index (χ2n) is 6.61. The van der Waals surface area contributed by atoms with Crippen LogP contribution in [0.3, 0.4) is 0 Å². The minimum Gasteiger partial charge on any atom is -0.330 e. The fourth-order valence-electron chi connectivity index (χ4n) is 3.79. The number of carbonyl (C=O) groups excluding carboxylic acids is 1. The second kappa shape index (κ2) is 5.95. The first kappa shape index (κ1) is 15.7. The van der Waals surface area contributed by atoms with Crippen molar-refractivity contribution in [3.63, 3.8) is 0 Å². The van der Waals surface area contributed by atoms with Crippen LogP contribution in [0.1, 0.15) is 46.3 Å². The molecule has 3 aromatic rings. The Morgan fingerprint density at radius 2 is 1.96 bits per heavy atom. The zero-order valence-corrected chi connectivity index (χ0v) is 14.7. The van der Waals surface area contributed by atoms with Gasteiger partial charge in [0, 0.05) is 24.8 Å². The van der Waals surface area contributed by atoms with Crippen LogP contribution in [0, 0.1) is 13.8 Å². The number of likely N-dealkylation sites (tertiary alicyclic amines) is 1. The highest BCUT2D eigenvalue weighted by Crippen LogP contribution is 2.36. The molecule has 2 aromatic heterocycles. The summed E-state index contributed by atoms with van der Waals surface area (Å²) in [7, 11) is 1.95. The second-order valence-corrected chi connectivity index (χ2v) is 6.61. The van der Waals surface area contributed by atoms with E-state index in [4.69, 9.17) is 0 Å². The van der Waals surface area contributed by atoms with Gasteiger partial charge in [-0.2, -0.15) is 5.10 Å². The Hall–Kier alpha value is -2.76. The maximum absolute atomic E-state index is 13.1. The van der Waals surface area contributed by atoms with Gasteiger partial charge in [-0.25, -0.2) is 4.98 Å². The van der Waals surface area contributed by atoms with Crippen LogP contribution in [0.4, 0.5) is 0 Å². The zero-order chi connectivity index (χ0) is 17.6. The van der Waals surface area contributed by atoms with Crippen molar-refractivity contribution in [2.24, 2.45) is 7.05 Å². The van der Waals surface area contributed by atoms with E-state index in [2.05, 4.69) is 22.0 Å². The smallest absolute Gasteiger partial charge is 0.274 e. The molecule has 1 aliphatic heterocycles. The maximum Gasteiger partial charge on any atom is 0.274 e. The molecule has 6 nitrogen and oxygen atoms in total. The summed E-state index contributed by atoms with van der Waals surface area (Å²) in [5.41, 5.74) is 5.24. The summed E-state index contributed by atoms with van der Waals surface area (Å²) in [6.45, 7) is 4.82. The van der Waals surface area contributed by atoms with Crippen molar-refractivity contribution in [1.82, 2.24) is 24.6 Å². The van der Waals surface area contributed by atoms with Gasteiger partial charge in [-0.3, -0.25) is 14.5 Å². The van der Waals surface area contributed by atoms with Crippen molar-refractivity contribution in [1.29, 1.82) is 0 Å². The van der Waals surface area contributed by atoms with Gasteiger partial charge in [0.1, 0.15) is 5.69 Å². The minimum atomic E-state index is -0.0524. The number of rotatable bonds is 2. The van der Waals surface area contributed by atoms with Crippen LogP contribution in [-0.2, 0) is 7.05 Å². The number of hydrogen-bond acceptors (Lipinski definition) is 4. The lowest BCUT2D eigenvalue weighted by atomic mass is 10.0. The number of nitrogens with zero attached hydrogens (tertiary/aromatic N) is 5. The molecule has 1 unspecified atom stereocenters. The Morgan fingerprint density at radius 1 is 1.20 bits per heavy atom. The molecule has 1 atom stereocenters. The summed E-state index contributed by atoms with van der Waals surface area (Å²) in [4.78, 5) is 23.9. The lowest BCUT2D eigenvalue weighted by Crippen LogP contribution is -2.31. The van der Waals surface area contributed by atoms with Crippen LogP contribution in [0.5, 0.6) is 0 Å². The Labute approximate surface area is 146 Å². The Morgan fingerprint density at radius 3 is 2.68 bits per heavy atom. The highest BCUT2D eigenvalue weighted by atomic mass is 16.2. The molecule has 4 rings (SSSR count). The Kier molecular flexibility index (Phi) is 3.75. The normalized spacial score (nSPS) is 17.4. The molecule has 0 saturated carbocycles. The van der Waals surface area contributed by atoms with Crippen LogP contribution in [-0.4, -0.2) is 37.1 Å². The number of carbonyl (C=O) groups is 1. The summed E-state index contributed by atoms with van der Waals surface area (Å²) in [6, 6.07) is 7.68. The number of amides is 1. The molecule has 6 heteroatoms. The van der Waals surface area contributed by atoms with Crippen molar-refractivity contribution in [2.75, 3.05) is 6.54 Å². The molecule has 1 aromatic carbocycles. The minimum absolute atomic E-state index is 0.0524. The first-order chi connectivity index (χ1) is 12.1. The Balaban J connectivity index is 1.70. The van der Waals surface area contributed by atoms with Gasteiger partial charge in [-0.05, 0) is 38.8 Å². The van der Waals surface area contributed by atoms with Gasteiger partial charge >= 0.3 is 0 Å². The van der Waals surface area contributed by atoms with Crippen LogP contribution in [0.15, 0.2) is 30.5 Å². The van der Waals surface area contributed by atoms with Gasteiger partial charge in [-0.1, -0.05) is 12.1 Å². The van der Waals surface area contributed by atoms with Crippen molar-refractivity contribution in [3.8, 4) is 0 Å². The van der Waals surface area contributed by atoms with Gasteiger partial charge in [0.15, 0.2) is 0 Å². The van der Waals surface area contributed by atoms with Crippen molar-refractivity contribution >= 4 is 16.9 Å². The summed E-state index contributed by atoms with van der Waals surface area (Å²) in [6.07, 6.45) is 3.54. The molecule has 25 heavy (non-hydrogen) atoms. The van der Waals surface area contributed by atoms with E-state index in [1.807, 2.05) is 47.8 Å². The van der Waals surface area contributed by atoms with E-state index < -0.39 is 0 Å². The molecule has 0 bridgehead atoms. The summed E-state index contributed by atoms with van der Waals surface area (Å²) in [5.74, 6) is -0.0524. The van der Waals surface area contributed by atoms with Crippen LogP contribution in [0.25, 0.3) is 11.0 Å². The van der Waals surface area contributed by atoms with E-state index >= 15 is 0 Å². The predicted octanol–water partition coefficient (Wildman–Crippen LogP) is 2.96. The van der Waals surface area contributed by atoms with Crippen molar-refractivity contribution in [2.45, 2.75) is 32.7 Å². The van der Waals surface area contributed by atoms with Gasteiger partial charge < -0.3 is 4.90 Å². The standard InChI is InChI=1S/C19H21N5O/c1-12-18(13(2)23(3)22-12)17-9-6-10-24(17)19(25)16-11-20-14-7-4-5-8-15(14)21-16/h4-5,7-8,11,17H,6,9-10H2,1-3H3. The number of para-hydroxylation sites is 2. The summed E-state index contributed by atoms with van der Waals surface area (Å²) in [5, 5.41) is 4.51. The quantitative estimate of drug-likeness (QED) is 0.722. The van der Waals surface area contributed by atoms with E-state index in [9.17, 15) is 4.79 Å². The number of hydrogen-bond donors (Lipinski definition) is 0. The summed E-state index contributed by atoms with van der Waals surface area (Å²) >= 11 is 0. The molecule has 0 N–H and O–H groups in total. The first-order valence-electron chi connectivity index (χ1n) is 8.59. The third-order valence-electron chi connectivity index (χ3n) is 5.08. The Bertz CT molecular complexity index is 962. The van der Waals surface area contributed by atoms with Gasteiger partial charge in [0.05, 0.1) is 29.0 Å². The third kappa shape index (κ3) is 2.58. The number of aromatic nitrogens is 4. The van der Waals surface area contributed by atoms with Crippen LogP contribution in [0.2, 0.25) is 0 Å². The van der Waals surface area contributed by atoms with Crippen LogP contribution >= 0.6 is 0 Å². The molecule has 0 radical (unpaired) electrons. The maximum atomic E-state index is 13.1. The summed E-state index contributed by atoms with van der Waals surface area (Å²) < 4.78 is 1.89. The molecule has 0 aliphatic carbocycles. The number of aryl methyl sites for hydroxylation is 2. The predicted molar refractivity (Wildman–Crippen MR) is 95.2 cm³/mol. The molecular weight excluding hydrogens is 314 g/mol. The molecule has 1 amide bonds. The molecule has 1 saturated heterocycles. The van der Waals surface area contributed by atoms with Crippen molar-refractivity contribution < 1.29 is 4.79 Å². The van der Waals surface area contributed by atoms with E-state index in [0.29, 0.717) is 5.69 Å². The fraction of sp³-hybridized carbons (Fsp3) is 0.368. The molecular formula is C19H21N5O. The van der Waals surface area contributed by atoms with E-state index in [-0.39, 0.29) is 11.9 Å². The zero-order valence-electron chi connectivity index (χ0n) is 14.7. The van der Waals surface area contributed by atoms with Crippen LogP contribution < -0.4 is 0 Å². The lowest BCUT2D eigenvalue weighted by Gasteiger charge is -2.25. The molecule has 128 valence electrons. The highest BCUT2D eigenvalue weighted by molar-refractivity contribution is 5.94. The van der Waals surface area contributed by atoms with Gasteiger partial charge in [0.2, 0.25) is 0 Å². The molecule has 1 fully saturated rings. The van der Waals surface area contributed by atoms with Gasteiger partial charge in [-0.15, -0.1) is 0 Å². The highest BCUT2D eigenvalue weighted by Gasteiger charge is 2.34. The lowest BCUT2D eigenvalue weighted by molar-refractivity contribution is 0.0729. The molecule has 0 spiro atoms. The third-order valence-corrected chi connectivity index (χ3v) is 5.08. The molecule has 3 heterocycles. The number of benzene rings is 1. The van der Waals surface area contributed by atoms with Gasteiger partial charge in [0.25, 0.3) is 5.91 Å². The average molecular weight is 335 g/mol. The van der Waals surface area contributed by atoms with E-state index in [1.165, 1.54) is 5.56 Å². The van der Waals surface area contributed by atoms with E-state index in [1.54, 1.807) is 6.20 Å². The van der Waals surface area contributed by atoms with Crippen molar-refractivity contribution in [3.05, 3.63) is 53.1 Å². The SMILES string of the molecule is Cc1nn(C)c(C)c1C1CCCN1C(=O)c1cnc2ccccc2n1.